The second-order valence-corrected chi connectivity index (χ2v) is 5.79. The lowest BCUT2D eigenvalue weighted by atomic mass is 10.2. The van der Waals surface area contributed by atoms with Gasteiger partial charge < -0.3 is 10.1 Å². The molecular formula is C15H16ClN3O2. The molecule has 110 valence electrons. The minimum atomic E-state index is -0.581. The van der Waals surface area contributed by atoms with Gasteiger partial charge in [-0.1, -0.05) is 11.6 Å². The number of rotatable bonds is 3. The highest BCUT2D eigenvalue weighted by atomic mass is 35.5. The summed E-state index contributed by atoms with van der Waals surface area (Å²) >= 11 is 5.90. The zero-order valence-electron chi connectivity index (χ0n) is 12.1. The van der Waals surface area contributed by atoms with Crippen molar-refractivity contribution >= 4 is 29.1 Å². The molecule has 0 unspecified atom stereocenters. The summed E-state index contributed by atoms with van der Waals surface area (Å²) in [6, 6.07) is 6.73. The SMILES string of the molecule is CC(C)(C)OC(=O)c1ccc(Cl)nc1Nc1cccnc1. The van der Waals surface area contributed by atoms with Crippen molar-refractivity contribution < 1.29 is 9.53 Å². The molecule has 0 spiro atoms. The van der Waals surface area contributed by atoms with Crippen molar-refractivity contribution in [2.45, 2.75) is 26.4 Å². The Morgan fingerprint density at radius 2 is 2.05 bits per heavy atom. The normalized spacial score (nSPS) is 11.0. The molecule has 6 heteroatoms. The molecule has 0 bridgehead atoms. The van der Waals surface area contributed by atoms with Gasteiger partial charge in [0.25, 0.3) is 0 Å². The van der Waals surface area contributed by atoms with E-state index in [1.54, 1.807) is 30.6 Å². The van der Waals surface area contributed by atoms with Crippen LogP contribution in [0.3, 0.4) is 0 Å². The molecular weight excluding hydrogens is 290 g/mol. The Bertz CT molecular complexity index is 639. The summed E-state index contributed by atoms with van der Waals surface area (Å²) in [6.45, 7) is 5.42. The zero-order valence-corrected chi connectivity index (χ0v) is 12.8. The first kappa shape index (κ1) is 15.3. The second-order valence-electron chi connectivity index (χ2n) is 5.40. The summed E-state index contributed by atoms with van der Waals surface area (Å²) in [7, 11) is 0. The lowest BCUT2D eigenvalue weighted by Crippen LogP contribution is -2.24. The van der Waals surface area contributed by atoms with Gasteiger partial charge in [0.15, 0.2) is 0 Å². The number of nitrogens with zero attached hydrogens (tertiary/aromatic N) is 2. The van der Waals surface area contributed by atoms with Crippen LogP contribution in [0.25, 0.3) is 0 Å². The summed E-state index contributed by atoms with van der Waals surface area (Å²) in [5.74, 6) is -0.122. The molecule has 0 aliphatic heterocycles. The molecule has 0 aliphatic rings. The van der Waals surface area contributed by atoms with Crippen LogP contribution in [0.1, 0.15) is 31.1 Å². The number of carbonyl (C=O) groups excluding carboxylic acids is 1. The maximum atomic E-state index is 12.2. The van der Waals surface area contributed by atoms with Gasteiger partial charge in [-0.25, -0.2) is 9.78 Å². The molecule has 0 amide bonds. The molecule has 1 N–H and O–H groups in total. The molecule has 2 rings (SSSR count). The van der Waals surface area contributed by atoms with Gasteiger partial charge >= 0.3 is 5.97 Å². The Kier molecular flexibility index (Phi) is 4.43. The third kappa shape index (κ3) is 4.43. The summed E-state index contributed by atoms with van der Waals surface area (Å²) in [4.78, 5) is 20.4. The molecule has 0 aromatic carbocycles. The number of hydrogen-bond donors (Lipinski definition) is 1. The van der Waals surface area contributed by atoms with Crippen LogP contribution in [0.15, 0.2) is 36.7 Å². The van der Waals surface area contributed by atoms with E-state index in [2.05, 4.69) is 15.3 Å². The number of anilines is 2. The minimum Gasteiger partial charge on any atom is -0.456 e. The first-order valence-electron chi connectivity index (χ1n) is 6.42. The second kappa shape index (κ2) is 6.10. The summed E-state index contributed by atoms with van der Waals surface area (Å²) in [6.07, 6.45) is 3.28. The number of esters is 1. The maximum absolute atomic E-state index is 12.2. The highest BCUT2D eigenvalue weighted by Crippen LogP contribution is 2.23. The van der Waals surface area contributed by atoms with Gasteiger partial charge in [-0.2, -0.15) is 0 Å². The lowest BCUT2D eigenvalue weighted by molar-refractivity contribution is 0.00704. The van der Waals surface area contributed by atoms with Crippen molar-refractivity contribution in [3.63, 3.8) is 0 Å². The first-order valence-corrected chi connectivity index (χ1v) is 6.80. The van der Waals surface area contributed by atoms with Gasteiger partial charge in [-0.05, 0) is 45.0 Å². The summed E-state index contributed by atoms with van der Waals surface area (Å²) < 4.78 is 5.36. The summed E-state index contributed by atoms with van der Waals surface area (Å²) in [5.41, 5.74) is 0.442. The number of aromatic nitrogens is 2. The van der Waals surface area contributed by atoms with Gasteiger partial charge in [-0.15, -0.1) is 0 Å². The van der Waals surface area contributed by atoms with Crippen LogP contribution in [0, 0.1) is 0 Å². The van der Waals surface area contributed by atoms with E-state index in [1.165, 1.54) is 0 Å². The van der Waals surface area contributed by atoms with E-state index in [4.69, 9.17) is 16.3 Å². The van der Waals surface area contributed by atoms with Crippen molar-refractivity contribution in [1.29, 1.82) is 0 Å². The highest BCUT2D eigenvalue weighted by Gasteiger charge is 2.21. The zero-order chi connectivity index (χ0) is 15.5. The van der Waals surface area contributed by atoms with Crippen molar-refractivity contribution in [2.75, 3.05) is 5.32 Å². The largest absolute Gasteiger partial charge is 0.456 e. The van der Waals surface area contributed by atoms with Crippen molar-refractivity contribution in [2.24, 2.45) is 0 Å². The van der Waals surface area contributed by atoms with Crippen LogP contribution < -0.4 is 5.32 Å². The highest BCUT2D eigenvalue weighted by molar-refractivity contribution is 6.29. The predicted octanol–water partition coefficient (Wildman–Crippen LogP) is 3.83. The van der Waals surface area contributed by atoms with Gasteiger partial charge in [0.1, 0.15) is 22.1 Å². The summed E-state index contributed by atoms with van der Waals surface area (Å²) in [5, 5.41) is 3.31. The minimum absolute atomic E-state index is 0.286. The van der Waals surface area contributed by atoms with Crippen LogP contribution in [-0.4, -0.2) is 21.5 Å². The number of carbonyl (C=O) groups is 1. The standard InChI is InChI=1S/C15H16ClN3O2/c1-15(2,3)21-14(20)11-6-7-12(16)19-13(11)18-10-5-4-8-17-9-10/h4-9H,1-3H3,(H,18,19). The molecule has 0 atom stereocenters. The van der Waals surface area contributed by atoms with Crippen LogP contribution in [0.4, 0.5) is 11.5 Å². The molecule has 2 heterocycles. The van der Waals surface area contributed by atoms with E-state index >= 15 is 0 Å². The molecule has 21 heavy (non-hydrogen) atoms. The topological polar surface area (TPSA) is 64.1 Å². The first-order chi connectivity index (χ1) is 9.85. The fourth-order valence-electron chi connectivity index (χ4n) is 1.60. The average molecular weight is 306 g/mol. The van der Waals surface area contributed by atoms with Gasteiger partial charge in [0.05, 0.1) is 11.9 Å². The molecule has 0 fully saturated rings. The lowest BCUT2D eigenvalue weighted by Gasteiger charge is -2.20. The van der Waals surface area contributed by atoms with E-state index in [-0.39, 0.29) is 5.15 Å². The Balaban J connectivity index is 2.32. The van der Waals surface area contributed by atoms with Gasteiger partial charge in [-0.3, -0.25) is 4.98 Å². The Morgan fingerprint density at radius 3 is 2.67 bits per heavy atom. The van der Waals surface area contributed by atoms with E-state index in [1.807, 2.05) is 26.8 Å². The van der Waals surface area contributed by atoms with Crippen molar-refractivity contribution in [3.05, 3.63) is 47.4 Å². The van der Waals surface area contributed by atoms with Gasteiger partial charge in [0, 0.05) is 6.20 Å². The maximum Gasteiger partial charge on any atom is 0.342 e. The number of nitrogens with one attached hydrogen (secondary N) is 1. The smallest absolute Gasteiger partial charge is 0.342 e. The van der Waals surface area contributed by atoms with Gasteiger partial charge in [0.2, 0.25) is 0 Å². The van der Waals surface area contributed by atoms with E-state index < -0.39 is 11.6 Å². The van der Waals surface area contributed by atoms with E-state index in [0.29, 0.717) is 17.1 Å². The number of pyridine rings is 2. The van der Waals surface area contributed by atoms with Crippen LogP contribution in [0.5, 0.6) is 0 Å². The molecule has 0 saturated carbocycles. The Morgan fingerprint density at radius 1 is 1.29 bits per heavy atom. The molecule has 2 aromatic heterocycles. The van der Waals surface area contributed by atoms with E-state index in [0.717, 1.165) is 0 Å². The molecule has 0 saturated heterocycles. The molecule has 0 radical (unpaired) electrons. The Labute approximate surface area is 128 Å². The van der Waals surface area contributed by atoms with Crippen LogP contribution >= 0.6 is 11.6 Å². The number of halogens is 1. The third-order valence-corrected chi connectivity index (χ3v) is 2.61. The fourth-order valence-corrected chi connectivity index (χ4v) is 1.75. The van der Waals surface area contributed by atoms with Crippen LogP contribution in [-0.2, 0) is 4.74 Å². The number of ether oxygens (including phenoxy) is 1. The monoisotopic (exact) mass is 305 g/mol. The fraction of sp³-hybridized carbons (Fsp3) is 0.267. The quantitative estimate of drug-likeness (QED) is 0.689. The molecule has 5 nitrogen and oxygen atoms in total. The van der Waals surface area contributed by atoms with E-state index in [9.17, 15) is 4.79 Å². The molecule has 0 aliphatic carbocycles. The Hall–Kier alpha value is -2.14. The van der Waals surface area contributed by atoms with Crippen molar-refractivity contribution in [3.8, 4) is 0 Å². The predicted molar refractivity (Wildman–Crippen MR) is 81.9 cm³/mol. The van der Waals surface area contributed by atoms with Crippen molar-refractivity contribution in [1.82, 2.24) is 9.97 Å². The van der Waals surface area contributed by atoms with Crippen LogP contribution in [0.2, 0.25) is 5.15 Å². The third-order valence-electron chi connectivity index (χ3n) is 2.40. The molecule has 2 aromatic rings. The number of hydrogen-bond acceptors (Lipinski definition) is 5. The average Bonchev–Trinajstić information content (AvgIpc) is 2.37.